The first-order valence-corrected chi connectivity index (χ1v) is 9.75. The Morgan fingerprint density at radius 3 is 2.09 bits per heavy atom. The summed E-state index contributed by atoms with van der Waals surface area (Å²) in [7, 11) is 0. The van der Waals surface area contributed by atoms with Crippen molar-refractivity contribution in [3.63, 3.8) is 0 Å². The minimum absolute atomic E-state index is 0.429. The summed E-state index contributed by atoms with van der Waals surface area (Å²) in [5, 5.41) is 0.818. The van der Waals surface area contributed by atoms with Gasteiger partial charge in [0.1, 0.15) is 6.04 Å². The summed E-state index contributed by atoms with van der Waals surface area (Å²) in [6.07, 6.45) is 11.3. The van der Waals surface area contributed by atoms with Crippen LogP contribution in [-0.2, 0) is 0 Å². The van der Waals surface area contributed by atoms with Gasteiger partial charge in [-0.3, -0.25) is 0 Å². The zero-order valence-corrected chi connectivity index (χ0v) is 16.3. The van der Waals surface area contributed by atoms with E-state index in [1.165, 1.54) is 57.3 Å². The van der Waals surface area contributed by atoms with Gasteiger partial charge in [0.2, 0.25) is 0 Å². The Hall–Kier alpha value is -0.790. The zero-order valence-electron chi connectivity index (χ0n) is 15.5. The number of hydrogen-bond acceptors (Lipinski definition) is 0. The van der Waals surface area contributed by atoms with Crippen LogP contribution in [-0.4, -0.2) is 24.1 Å². The van der Waals surface area contributed by atoms with Gasteiger partial charge in [0.05, 0.1) is 19.6 Å². The number of rotatable bonds is 11. The summed E-state index contributed by atoms with van der Waals surface area (Å²) in [5.41, 5.74) is 1.38. The number of likely N-dealkylation sites (N-methyl/N-ethyl adjacent to an activating group) is 1. The average molecular weight is 337 g/mol. The summed E-state index contributed by atoms with van der Waals surface area (Å²) in [6.45, 7) is 12.7. The molecular weight excluding hydrogens is 302 g/mol. The molecule has 1 aromatic carbocycles. The summed E-state index contributed by atoms with van der Waals surface area (Å²) < 4.78 is 1.14. The Morgan fingerprint density at radius 1 is 0.957 bits per heavy atom. The molecule has 1 rings (SSSR count). The first kappa shape index (κ1) is 20.3. The largest absolute Gasteiger partial charge is 0.315 e. The van der Waals surface area contributed by atoms with E-state index in [9.17, 15) is 0 Å². The number of allylic oxidation sites excluding steroid dienone is 1. The molecule has 0 N–H and O–H groups in total. The van der Waals surface area contributed by atoms with Crippen LogP contribution in [0.1, 0.15) is 71.4 Å². The molecule has 1 atom stereocenters. The third-order valence-electron chi connectivity index (χ3n) is 5.14. The maximum atomic E-state index is 6.08. The first-order chi connectivity index (χ1) is 11.1. The van der Waals surface area contributed by atoms with Gasteiger partial charge < -0.3 is 4.48 Å². The molecular formula is C21H35ClN+. The molecule has 0 spiro atoms. The monoisotopic (exact) mass is 336 g/mol. The lowest BCUT2D eigenvalue weighted by molar-refractivity contribution is -0.948. The van der Waals surface area contributed by atoms with Crippen molar-refractivity contribution in [2.24, 2.45) is 0 Å². The van der Waals surface area contributed by atoms with E-state index in [1.807, 2.05) is 12.1 Å². The lowest BCUT2D eigenvalue weighted by Gasteiger charge is -2.43. The van der Waals surface area contributed by atoms with Gasteiger partial charge in [0, 0.05) is 10.6 Å². The van der Waals surface area contributed by atoms with Crippen molar-refractivity contribution in [3.8, 4) is 0 Å². The summed E-state index contributed by atoms with van der Waals surface area (Å²) in [4.78, 5) is 0. The Balaban J connectivity index is 2.93. The number of quaternary nitrogens is 1. The van der Waals surface area contributed by atoms with Crippen LogP contribution in [0.2, 0.25) is 5.02 Å². The van der Waals surface area contributed by atoms with E-state index in [-0.39, 0.29) is 0 Å². The Bertz CT molecular complexity index is 445. The van der Waals surface area contributed by atoms with Crippen molar-refractivity contribution in [2.75, 3.05) is 19.6 Å². The van der Waals surface area contributed by atoms with Crippen LogP contribution in [0.25, 0.3) is 0 Å². The maximum absolute atomic E-state index is 6.08. The minimum atomic E-state index is 0.429. The SMILES string of the molecule is CC=CC(c1ccc(Cl)cc1)[N+](CC)(CC)CCCCCCC. The third kappa shape index (κ3) is 5.97. The van der Waals surface area contributed by atoms with Crippen molar-refractivity contribution in [3.05, 3.63) is 47.0 Å². The molecule has 0 heterocycles. The predicted octanol–water partition coefficient (Wildman–Crippen LogP) is 6.78. The van der Waals surface area contributed by atoms with E-state index in [0.717, 1.165) is 9.51 Å². The van der Waals surface area contributed by atoms with Crippen molar-refractivity contribution in [1.29, 1.82) is 0 Å². The van der Waals surface area contributed by atoms with Crippen LogP contribution in [0.15, 0.2) is 36.4 Å². The highest BCUT2D eigenvalue weighted by molar-refractivity contribution is 6.30. The number of nitrogens with zero attached hydrogens (tertiary/aromatic N) is 1. The first-order valence-electron chi connectivity index (χ1n) is 9.37. The molecule has 0 saturated heterocycles. The maximum Gasteiger partial charge on any atom is 0.133 e. The fourth-order valence-electron chi connectivity index (χ4n) is 3.55. The second-order valence-electron chi connectivity index (χ2n) is 6.51. The topological polar surface area (TPSA) is 0 Å². The van der Waals surface area contributed by atoms with Crippen molar-refractivity contribution < 1.29 is 4.48 Å². The van der Waals surface area contributed by atoms with Crippen LogP contribution in [0, 0.1) is 0 Å². The molecule has 0 saturated carbocycles. The standard InChI is InChI=1S/C21H35ClN/c1-5-9-10-11-12-18-23(7-3,8-4)21(13-6-2)19-14-16-20(22)17-15-19/h6,13-17,21H,5,7-12,18H2,1-4H3/q+1. The highest BCUT2D eigenvalue weighted by atomic mass is 35.5. The molecule has 0 aliphatic carbocycles. The van der Waals surface area contributed by atoms with Gasteiger partial charge in [0.25, 0.3) is 0 Å². The van der Waals surface area contributed by atoms with Crippen LogP contribution < -0.4 is 0 Å². The minimum Gasteiger partial charge on any atom is -0.315 e. The van der Waals surface area contributed by atoms with Crippen molar-refractivity contribution >= 4 is 11.6 Å². The Morgan fingerprint density at radius 2 is 1.57 bits per heavy atom. The molecule has 0 amide bonds. The summed E-state index contributed by atoms with van der Waals surface area (Å²) >= 11 is 6.08. The quantitative estimate of drug-likeness (QED) is 0.237. The van der Waals surface area contributed by atoms with Gasteiger partial charge in [0.15, 0.2) is 0 Å². The predicted molar refractivity (Wildman–Crippen MR) is 104 cm³/mol. The van der Waals surface area contributed by atoms with Gasteiger partial charge in [-0.15, -0.1) is 0 Å². The molecule has 0 aliphatic heterocycles. The lowest BCUT2D eigenvalue weighted by atomic mass is 10.00. The number of hydrogen-bond donors (Lipinski definition) is 0. The zero-order chi connectivity index (χ0) is 17.1. The van der Waals surface area contributed by atoms with Crippen LogP contribution in [0.3, 0.4) is 0 Å². The van der Waals surface area contributed by atoms with E-state index in [1.54, 1.807) is 0 Å². The fraction of sp³-hybridized carbons (Fsp3) is 0.619. The number of benzene rings is 1. The summed E-state index contributed by atoms with van der Waals surface area (Å²) in [6, 6.07) is 8.87. The van der Waals surface area contributed by atoms with Gasteiger partial charge >= 0.3 is 0 Å². The van der Waals surface area contributed by atoms with Crippen LogP contribution in [0.4, 0.5) is 0 Å². The molecule has 0 bridgehead atoms. The second-order valence-corrected chi connectivity index (χ2v) is 6.95. The van der Waals surface area contributed by atoms with E-state index >= 15 is 0 Å². The fourth-order valence-corrected chi connectivity index (χ4v) is 3.68. The lowest BCUT2D eigenvalue weighted by Crippen LogP contribution is -2.50. The van der Waals surface area contributed by atoms with Crippen molar-refractivity contribution in [1.82, 2.24) is 0 Å². The highest BCUT2D eigenvalue weighted by Crippen LogP contribution is 2.31. The normalized spacial score (nSPS) is 13.6. The summed E-state index contributed by atoms with van der Waals surface area (Å²) in [5.74, 6) is 0. The molecule has 0 aromatic heterocycles. The molecule has 1 nitrogen and oxygen atoms in total. The Labute approximate surface area is 148 Å². The number of halogens is 1. The molecule has 2 heteroatoms. The molecule has 1 unspecified atom stereocenters. The van der Waals surface area contributed by atoms with Gasteiger partial charge in [-0.25, -0.2) is 0 Å². The smallest absolute Gasteiger partial charge is 0.133 e. The van der Waals surface area contributed by atoms with Crippen LogP contribution >= 0.6 is 11.6 Å². The van der Waals surface area contributed by atoms with E-state index in [2.05, 4.69) is 52.0 Å². The van der Waals surface area contributed by atoms with Gasteiger partial charge in [-0.05, 0) is 51.8 Å². The highest BCUT2D eigenvalue weighted by Gasteiger charge is 2.32. The van der Waals surface area contributed by atoms with Gasteiger partial charge in [-0.2, -0.15) is 0 Å². The molecule has 0 fully saturated rings. The molecule has 23 heavy (non-hydrogen) atoms. The third-order valence-corrected chi connectivity index (χ3v) is 5.39. The van der Waals surface area contributed by atoms with Gasteiger partial charge in [-0.1, -0.05) is 56.0 Å². The van der Waals surface area contributed by atoms with Crippen molar-refractivity contribution in [2.45, 2.75) is 65.8 Å². The molecule has 0 aliphatic rings. The number of unbranched alkanes of at least 4 members (excludes halogenated alkanes) is 4. The Kier molecular flexibility index (Phi) is 9.59. The van der Waals surface area contributed by atoms with E-state index in [0.29, 0.717) is 6.04 Å². The molecule has 1 aromatic rings. The molecule has 0 radical (unpaired) electrons. The second kappa shape index (κ2) is 10.9. The van der Waals surface area contributed by atoms with Crippen LogP contribution in [0.5, 0.6) is 0 Å². The average Bonchev–Trinajstić information content (AvgIpc) is 2.58. The van der Waals surface area contributed by atoms with E-state index in [4.69, 9.17) is 11.6 Å². The van der Waals surface area contributed by atoms with E-state index < -0.39 is 0 Å². The molecule has 130 valence electrons.